The Morgan fingerprint density at radius 2 is 1.70 bits per heavy atom. The third kappa shape index (κ3) is 14.0. The van der Waals surface area contributed by atoms with Crippen LogP contribution in [-0.2, 0) is 0 Å². The van der Waals surface area contributed by atoms with Crippen LogP contribution in [0.1, 0.15) is 104 Å². The topological polar surface area (TPSA) is 24.1 Å². The van der Waals surface area contributed by atoms with E-state index in [9.17, 15) is 0 Å². The van der Waals surface area contributed by atoms with Crippen LogP contribution in [0.5, 0.6) is 0 Å². The van der Waals surface area contributed by atoms with Crippen molar-refractivity contribution >= 4 is 0 Å². The fraction of sp³-hybridized carbons (Fsp3) is 0.840. The standard InChI is InChI=1S/C25H48N2/c1-22(2)24(4)27-23(3)16-10-8-9-14-20-26-21-15-13-19-25-17-11-6-5-7-12-18-25/h11,17,22,24-27H,3,5-10,12-16,18-21H2,1-2,4H3/b17-11-. The molecule has 0 bridgehead atoms. The monoisotopic (exact) mass is 376 g/mol. The van der Waals surface area contributed by atoms with Crippen LogP contribution in [0.15, 0.2) is 24.4 Å². The Kier molecular flexibility index (Phi) is 14.6. The molecule has 27 heavy (non-hydrogen) atoms. The van der Waals surface area contributed by atoms with E-state index in [1.54, 1.807) is 0 Å². The lowest BCUT2D eigenvalue weighted by Gasteiger charge is -2.20. The van der Waals surface area contributed by atoms with Gasteiger partial charge in [-0.1, -0.05) is 64.7 Å². The smallest absolute Gasteiger partial charge is 0.0252 e. The molecule has 0 aliphatic heterocycles. The summed E-state index contributed by atoms with van der Waals surface area (Å²) in [7, 11) is 0. The molecule has 1 rings (SSSR count). The summed E-state index contributed by atoms with van der Waals surface area (Å²) in [6.45, 7) is 13.3. The van der Waals surface area contributed by atoms with Crippen LogP contribution in [0.3, 0.4) is 0 Å². The molecule has 2 nitrogen and oxygen atoms in total. The van der Waals surface area contributed by atoms with Crippen molar-refractivity contribution in [1.82, 2.24) is 10.6 Å². The second-order valence-electron chi connectivity index (χ2n) is 9.02. The maximum absolute atomic E-state index is 4.17. The lowest BCUT2D eigenvalue weighted by atomic mass is 9.92. The molecular weight excluding hydrogens is 328 g/mol. The molecule has 0 fully saturated rings. The second-order valence-corrected chi connectivity index (χ2v) is 9.02. The zero-order chi connectivity index (χ0) is 19.7. The van der Waals surface area contributed by atoms with Crippen LogP contribution in [0.4, 0.5) is 0 Å². The van der Waals surface area contributed by atoms with Crippen LogP contribution >= 0.6 is 0 Å². The number of unbranched alkanes of at least 4 members (excludes halogenated alkanes) is 4. The van der Waals surface area contributed by atoms with Crippen LogP contribution in [0.25, 0.3) is 0 Å². The van der Waals surface area contributed by atoms with Crippen molar-refractivity contribution in [3.05, 3.63) is 24.4 Å². The predicted molar refractivity (Wildman–Crippen MR) is 122 cm³/mol. The molecule has 2 atom stereocenters. The van der Waals surface area contributed by atoms with Gasteiger partial charge in [0.15, 0.2) is 0 Å². The minimum absolute atomic E-state index is 0.532. The van der Waals surface area contributed by atoms with Crippen molar-refractivity contribution in [1.29, 1.82) is 0 Å². The Balaban J connectivity index is 1.85. The van der Waals surface area contributed by atoms with Gasteiger partial charge in [0.05, 0.1) is 0 Å². The minimum Gasteiger partial charge on any atom is -0.386 e. The van der Waals surface area contributed by atoms with E-state index in [0.717, 1.165) is 12.3 Å². The largest absolute Gasteiger partial charge is 0.386 e. The van der Waals surface area contributed by atoms with Gasteiger partial charge < -0.3 is 10.6 Å². The van der Waals surface area contributed by atoms with Gasteiger partial charge in [-0.2, -0.15) is 0 Å². The maximum atomic E-state index is 4.17. The van der Waals surface area contributed by atoms with Crippen LogP contribution in [-0.4, -0.2) is 19.1 Å². The third-order valence-electron chi connectivity index (χ3n) is 6.05. The molecule has 0 heterocycles. The van der Waals surface area contributed by atoms with Gasteiger partial charge in [0.2, 0.25) is 0 Å². The molecule has 0 spiro atoms. The van der Waals surface area contributed by atoms with Crippen LogP contribution < -0.4 is 10.6 Å². The summed E-state index contributed by atoms with van der Waals surface area (Å²) < 4.78 is 0. The summed E-state index contributed by atoms with van der Waals surface area (Å²) in [4.78, 5) is 0. The molecule has 0 aromatic rings. The normalized spacial score (nSPS) is 20.1. The lowest BCUT2D eigenvalue weighted by Crippen LogP contribution is -2.29. The molecule has 0 saturated heterocycles. The first-order valence-corrected chi connectivity index (χ1v) is 11.9. The number of nitrogens with one attached hydrogen (secondary N) is 2. The number of allylic oxidation sites excluding steroid dienone is 3. The lowest BCUT2D eigenvalue weighted by molar-refractivity contribution is 0.451. The molecule has 0 radical (unpaired) electrons. The van der Waals surface area contributed by atoms with Crippen molar-refractivity contribution in [3.63, 3.8) is 0 Å². The van der Waals surface area contributed by atoms with Crippen LogP contribution in [0, 0.1) is 11.8 Å². The van der Waals surface area contributed by atoms with E-state index in [1.165, 1.54) is 95.8 Å². The maximum Gasteiger partial charge on any atom is 0.0252 e. The molecule has 0 aromatic carbocycles. The molecule has 0 aromatic heterocycles. The van der Waals surface area contributed by atoms with E-state index in [4.69, 9.17) is 0 Å². The van der Waals surface area contributed by atoms with E-state index in [2.05, 4.69) is 50.1 Å². The Morgan fingerprint density at radius 1 is 0.963 bits per heavy atom. The highest BCUT2D eigenvalue weighted by atomic mass is 14.9. The fourth-order valence-corrected chi connectivity index (χ4v) is 3.76. The van der Waals surface area contributed by atoms with Gasteiger partial charge in [-0.15, -0.1) is 0 Å². The number of rotatable bonds is 15. The first-order chi connectivity index (χ1) is 13.1. The summed E-state index contributed by atoms with van der Waals surface area (Å²) in [6, 6.07) is 0.532. The predicted octanol–water partition coefficient (Wildman–Crippen LogP) is 6.98. The van der Waals surface area contributed by atoms with Gasteiger partial charge in [-0.3, -0.25) is 0 Å². The summed E-state index contributed by atoms with van der Waals surface area (Å²) >= 11 is 0. The molecule has 2 N–H and O–H groups in total. The quantitative estimate of drug-likeness (QED) is 0.238. The van der Waals surface area contributed by atoms with E-state index in [1.807, 2.05) is 0 Å². The third-order valence-corrected chi connectivity index (χ3v) is 6.05. The van der Waals surface area contributed by atoms with E-state index in [0.29, 0.717) is 12.0 Å². The summed E-state index contributed by atoms with van der Waals surface area (Å²) in [5.74, 6) is 1.53. The van der Waals surface area contributed by atoms with Crippen molar-refractivity contribution in [3.8, 4) is 0 Å². The van der Waals surface area contributed by atoms with Gasteiger partial charge in [0.1, 0.15) is 0 Å². The fourth-order valence-electron chi connectivity index (χ4n) is 3.76. The molecule has 2 unspecified atom stereocenters. The highest BCUT2D eigenvalue weighted by Gasteiger charge is 2.07. The van der Waals surface area contributed by atoms with Crippen molar-refractivity contribution < 1.29 is 0 Å². The van der Waals surface area contributed by atoms with Crippen molar-refractivity contribution in [2.75, 3.05) is 13.1 Å². The van der Waals surface area contributed by atoms with E-state index in [-0.39, 0.29) is 0 Å². The minimum atomic E-state index is 0.532. The zero-order valence-electron chi connectivity index (χ0n) is 18.7. The average molecular weight is 377 g/mol. The first-order valence-electron chi connectivity index (χ1n) is 11.9. The summed E-state index contributed by atoms with van der Waals surface area (Å²) in [6.07, 6.45) is 22.4. The molecule has 0 saturated carbocycles. The molecule has 1 aliphatic carbocycles. The van der Waals surface area contributed by atoms with Gasteiger partial charge in [0.25, 0.3) is 0 Å². The SMILES string of the molecule is C=C(CCCCCCNCCCCC1/C=C\CCCCC1)NC(C)C(C)C. The highest BCUT2D eigenvalue weighted by Crippen LogP contribution is 2.21. The summed E-state index contributed by atoms with van der Waals surface area (Å²) in [5, 5.41) is 7.16. The number of hydrogen-bond acceptors (Lipinski definition) is 2. The Labute approximate surface area is 170 Å². The Hall–Kier alpha value is -0.760. The number of hydrogen-bond donors (Lipinski definition) is 2. The molecule has 0 amide bonds. The van der Waals surface area contributed by atoms with Gasteiger partial charge in [0, 0.05) is 11.7 Å². The van der Waals surface area contributed by atoms with E-state index >= 15 is 0 Å². The van der Waals surface area contributed by atoms with Gasteiger partial charge >= 0.3 is 0 Å². The van der Waals surface area contributed by atoms with Crippen molar-refractivity contribution in [2.24, 2.45) is 11.8 Å². The first kappa shape index (κ1) is 24.3. The van der Waals surface area contributed by atoms with Gasteiger partial charge in [-0.25, -0.2) is 0 Å². The zero-order valence-corrected chi connectivity index (χ0v) is 18.7. The average Bonchev–Trinajstić information content (AvgIpc) is 2.60. The molecular formula is C25H48N2. The molecule has 158 valence electrons. The van der Waals surface area contributed by atoms with Crippen LogP contribution in [0.2, 0.25) is 0 Å². The highest BCUT2D eigenvalue weighted by molar-refractivity contribution is 4.93. The van der Waals surface area contributed by atoms with E-state index < -0.39 is 0 Å². The molecule has 1 aliphatic rings. The Morgan fingerprint density at radius 3 is 2.48 bits per heavy atom. The summed E-state index contributed by atoms with van der Waals surface area (Å²) in [5.41, 5.74) is 1.22. The second kappa shape index (κ2) is 16.2. The van der Waals surface area contributed by atoms with Crippen molar-refractivity contribution in [2.45, 2.75) is 110 Å². The molecule has 2 heteroatoms. The van der Waals surface area contributed by atoms with Gasteiger partial charge in [-0.05, 0) is 83.2 Å². The Bertz CT molecular complexity index is 386.